The zero-order valence-corrected chi connectivity index (χ0v) is 14.6. The first-order chi connectivity index (χ1) is 11.4. The van der Waals surface area contributed by atoms with Gasteiger partial charge in [0.2, 0.25) is 5.91 Å². The molecule has 0 aliphatic carbocycles. The molecule has 0 aliphatic rings. The van der Waals surface area contributed by atoms with Crippen LogP contribution in [0.15, 0.2) is 24.5 Å². The Bertz CT molecular complexity index is 729. The van der Waals surface area contributed by atoms with Gasteiger partial charge >= 0.3 is 0 Å². The van der Waals surface area contributed by atoms with Crippen LogP contribution in [-0.2, 0) is 11.3 Å². The van der Waals surface area contributed by atoms with Gasteiger partial charge in [0.15, 0.2) is 0 Å². The molecule has 1 amide bonds. The maximum atomic E-state index is 12.4. The molecule has 0 bridgehead atoms. The third-order valence-electron chi connectivity index (χ3n) is 3.84. The molecule has 0 saturated heterocycles. The lowest BCUT2D eigenvalue weighted by molar-refractivity contribution is -0.116. The standard InChI is InChI=1S/C18H23N5O/c1-12(2)14-6-5-7-15(13(3)4)18(14)21-17(24)8-9-23-11-20-16(10-19)22-23/h5-7,11-13H,8-9H2,1-4H3,(H,21,24). The fraction of sp³-hybridized carbons (Fsp3) is 0.444. The van der Waals surface area contributed by atoms with E-state index < -0.39 is 0 Å². The maximum Gasteiger partial charge on any atom is 0.252 e. The number of carbonyl (C=O) groups is 1. The van der Waals surface area contributed by atoms with Crippen molar-refractivity contribution in [1.29, 1.82) is 5.26 Å². The number of benzene rings is 1. The molecule has 1 N–H and O–H groups in total. The first-order valence-corrected chi connectivity index (χ1v) is 8.14. The molecule has 0 fully saturated rings. The van der Waals surface area contributed by atoms with Gasteiger partial charge in [-0.25, -0.2) is 4.98 Å². The normalized spacial score (nSPS) is 10.9. The van der Waals surface area contributed by atoms with E-state index in [1.54, 1.807) is 0 Å². The van der Waals surface area contributed by atoms with Gasteiger partial charge < -0.3 is 5.32 Å². The molecule has 6 heteroatoms. The lowest BCUT2D eigenvalue weighted by Crippen LogP contribution is -2.17. The Morgan fingerprint density at radius 2 is 1.88 bits per heavy atom. The number of rotatable bonds is 6. The Balaban J connectivity index is 2.11. The Morgan fingerprint density at radius 1 is 1.25 bits per heavy atom. The van der Waals surface area contributed by atoms with Crippen LogP contribution in [0.4, 0.5) is 5.69 Å². The molecule has 6 nitrogen and oxygen atoms in total. The van der Waals surface area contributed by atoms with Crippen LogP contribution in [-0.4, -0.2) is 20.7 Å². The van der Waals surface area contributed by atoms with E-state index in [2.05, 4.69) is 55.2 Å². The van der Waals surface area contributed by atoms with Gasteiger partial charge in [0, 0.05) is 12.1 Å². The largest absolute Gasteiger partial charge is 0.326 e. The van der Waals surface area contributed by atoms with E-state index in [0.29, 0.717) is 18.4 Å². The first kappa shape index (κ1) is 17.7. The number of nitriles is 1. The van der Waals surface area contributed by atoms with Gasteiger partial charge in [0.25, 0.3) is 5.82 Å². The van der Waals surface area contributed by atoms with Crippen LogP contribution in [0.2, 0.25) is 0 Å². The number of carbonyl (C=O) groups excluding carboxylic acids is 1. The molecule has 0 atom stereocenters. The van der Waals surface area contributed by atoms with E-state index >= 15 is 0 Å². The van der Waals surface area contributed by atoms with Gasteiger partial charge in [-0.05, 0) is 23.0 Å². The molecular formula is C18H23N5O. The molecular weight excluding hydrogens is 302 g/mol. The summed E-state index contributed by atoms with van der Waals surface area (Å²) in [5.41, 5.74) is 3.20. The molecule has 126 valence electrons. The van der Waals surface area contributed by atoms with E-state index in [0.717, 1.165) is 16.8 Å². The summed E-state index contributed by atoms with van der Waals surface area (Å²) in [6.45, 7) is 8.87. The number of amides is 1. The summed E-state index contributed by atoms with van der Waals surface area (Å²) in [5.74, 6) is 0.696. The van der Waals surface area contributed by atoms with Crippen LogP contribution in [0.25, 0.3) is 0 Å². The summed E-state index contributed by atoms with van der Waals surface area (Å²) in [4.78, 5) is 16.2. The molecule has 1 aromatic heterocycles. The molecule has 0 radical (unpaired) electrons. The number of aromatic nitrogens is 3. The average molecular weight is 325 g/mol. The van der Waals surface area contributed by atoms with E-state index in [1.165, 1.54) is 11.0 Å². The van der Waals surface area contributed by atoms with Crippen molar-refractivity contribution < 1.29 is 4.79 Å². The van der Waals surface area contributed by atoms with Crippen molar-refractivity contribution in [2.24, 2.45) is 0 Å². The van der Waals surface area contributed by atoms with Crippen LogP contribution in [0.3, 0.4) is 0 Å². The third kappa shape index (κ3) is 4.19. The van der Waals surface area contributed by atoms with Crippen LogP contribution < -0.4 is 5.32 Å². The minimum atomic E-state index is -0.0704. The molecule has 0 spiro atoms. The summed E-state index contributed by atoms with van der Waals surface area (Å²) < 4.78 is 1.51. The Hall–Kier alpha value is -2.68. The quantitative estimate of drug-likeness (QED) is 0.882. The monoisotopic (exact) mass is 325 g/mol. The van der Waals surface area contributed by atoms with Crippen LogP contribution in [0.5, 0.6) is 0 Å². The van der Waals surface area contributed by atoms with Crippen molar-refractivity contribution in [3.8, 4) is 6.07 Å². The van der Waals surface area contributed by atoms with Gasteiger partial charge in [-0.15, -0.1) is 5.10 Å². The Labute approximate surface area is 142 Å². The van der Waals surface area contributed by atoms with Crippen molar-refractivity contribution in [2.45, 2.75) is 52.5 Å². The highest BCUT2D eigenvalue weighted by molar-refractivity contribution is 5.92. The Morgan fingerprint density at radius 3 is 2.38 bits per heavy atom. The van der Waals surface area contributed by atoms with Gasteiger partial charge in [0.1, 0.15) is 12.4 Å². The number of anilines is 1. The number of hydrogen-bond donors (Lipinski definition) is 1. The molecule has 1 aromatic carbocycles. The van der Waals surface area contributed by atoms with Gasteiger partial charge in [-0.3, -0.25) is 9.48 Å². The molecule has 0 aliphatic heterocycles. The highest BCUT2D eigenvalue weighted by atomic mass is 16.1. The second-order valence-electron chi connectivity index (χ2n) is 6.36. The summed E-state index contributed by atoms with van der Waals surface area (Å²) in [6.07, 6.45) is 1.74. The SMILES string of the molecule is CC(C)c1cccc(C(C)C)c1NC(=O)CCn1cnc(C#N)n1. The highest BCUT2D eigenvalue weighted by Crippen LogP contribution is 2.32. The number of para-hydroxylation sites is 1. The summed E-state index contributed by atoms with van der Waals surface area (Å²) in [6, 6.07) is 8.03. The second kappa shape index (κ2) is 7.73. The lowest BCUT2D eigenvalue weighted by atomic mass is 9.92. The predicted octanol–water partition coefficient (Wildman–Crippen LogP) is 3.43. The zero-order valence-electron chi connectivity index (χ0n) is 14.6. The summed E-state index contributed by atoms with van der Waals surface area (Å²) >= 11 is 0. The first-order valence-electron chi connectivity index (χ1n) is 8.14. The average Bonchev–Trinajstić information content (AvgIpc) is 3.00. The highest BCUT2D eigenvalue weighted by Gasteiger charge is 2.16. The van der Waals surface area contributed by atoms with Crippen molar-refractivity contribution >= 4 is 11.6 Å². The number of hydrogen-bond acceptors (Lipinski definition) is 4. The summed E-state index contributed by atoms with van der Waals surface area (Å²) in [5, 5.41) is 15.8. The van der Waals surface area contributed by atoms with E-state index in [1.807, 2.05) is 12.1 Å². The van der Waals surface area contributed by atoms with Gasteiger partial charge in [-0.1, -0.05) is 45.9 Å². The molecule has 0 saturated carbocycles. The van der Waals surface area contributed by atoms with Crippen molar-refractivity contribution in [1.82, 2.24) is 14.8 Å². The third-order valence-corrected chi connectivity index (χ3v) is 3.84. The fourth-order valence-electron chi connectivity index (χ4n) is 2.57. The molecule has 1 heterocycles. The van der Waals surface area contributed by atoms with Crippen LogP contribution in [0.1, 0.15) is 62.9 Å². The van der Waals surface area contributed by atoms with Crippen molar-refractivity contribution in [3.05, 3.63) is 41.5 Å². The van der Waals surface area contributed by atoms with E-state index in [-0.39, 0.29) is 18.2 Å². The fourth-order valence-corrected chi connectivity index (χ4v) is 2.57. The molecule has 24 heavy (non-hydrogen) atoms. The number of aryl methyl sites for hydroxylation is 1. The van der Waals surface area contributed by atoms with Crippen LogP contribution >= 0.6 is 0 Å². The van der Waals surface area contributed by atoms with Crippen molar-refractivity contribution in [2.75, 3.05) is 5.32 Å². The molecule has 2 aromatic rings. The maximum absolute atomic E-state index is 12.4. The summed E-state index contributed by atoms with van der Waals surface area (Å²) in [7, 11) is 0. The second-order valence-corrected chi connectivity index (χ2v) is 6.36. The number of nitrogens with one attached hydrogen (secondary N) is 1. The molecule has 0 unspecified atom stereocenters. The van der Waals surface area contributed by atoms with Gasteiger partial charge in [0.05, 0.1) is 6.54 Å². The minimum Gasteiger partial charge on any atom is -0.326 e. The lowest BCUT2D eigenvalue weighted by Gasteiger charge is -2.20. The van der Waals surface area contributed by atoms with Crippen molar-refractivity contribution in [3.63, 3.8) is 0 Å². The van der Waals surface area contributed by atoms with E-state index in [9.17, 15) is 4.79 Å². The predicted molar refractivity (Wildman–Crippen MR) is 92.6 cm³/mol. The van der Waals surface area contributed by atoms with E-state index in [4.69, 9.17) is 5.26 Å². The smallest absolute Gasteiger partial charge is 0.252 e. The topological polar surface area (TPSA) is 83.6 Å². The molecule has 2 rings (SSSR count). The van der Waals surface area contributed by atoms with Gasteiger partial charge in [-0.2, -0.15) is 5.26 Å². The Kier molecular flexibility index (Phi) is 5.69. The zero-order chi connectivity index (χ0) is 17.7. The van der Waals surface area contributed by atoms with Crippen LogP contribution in [0, 0.1) is 11.3 Å². The number of nitrogens with zero attached hydrogens (tertiary/aromatic N) is 4. The minimum absolute atomic E-state index is 0.0704.